The number of morpholine rings is 1. The Morgan fingerprint density at radius 1 is 1.14 bits per heavy atom. The predicted octanol–water partition coefficient (Wildman–Crippen LogP) is 2.95. The Morgan fingerprint density at radius 2 is 1.76 bits per heavy atom. The number of anilines is 1. The van der Waals surface area contributed by atoms with Crippen LogP contribution in [0.5, 0.6) is 0 Å². The SMILES string of the molecule is CC1CN(CC(=O)Nc2cc(S(=O)(=O)N3CCCCCC3)ccc2Cl)CC(C)O1. The summed E-state index contributed by atoms with van der Waals surface area (Å²) < 4.78 is 33.3. The molecule has 2 fully saturated rings. The summed E-state index contributed by atoms with van der Waals surface area (Å²) >= 11 is 6.23. The normalized spacial score (nSPS) is 24.8. The van der Waals surface area contributed by atoms with Crippen molar-refractivity contribution in [2.75, 3.05) is 38.0 Å². The van der Waals surface area contributed by atoms with Crippen LogP contribution in [0.25, 0.3) is 0 Å². The Kier molecular flexibility index (Phi) is 7.56. The summed E-state index contributed by atoms with van der Waals surface area (Å²) in [6.45, 7) is 6.57. The van der Waals surface area contributed by atoms with E-state index in [9.17, 15) is 13.2 Å². The number of carbonyl (C=O) groups is 1. The molecule has 0 aromatic heterocycles. The van der Waals surface area contributed by atoms with Crippen LogP contribution >= 0.6 is 11.6 Å². The zero-order valence-corrected chi connectivity index (χ0v) is 18.6. The zero-order chi connectivity index (χ0) is 21.0. The van der Waals surface area contributed by atoms with Crippen molar-refractivity contribution < 1.29 is 17.9 Å². The summed E-state index contributed by atoms with van der Waals surface area (Å²) in [6.07, 6.45) is 3.97. The zero-order valence-electron chi connectivity index (χ0n) is 17.1. The van der Waals surface area contributed by atoms with Crippen molar-refractivity contribution in [1.82, 2.24) is 9.21 Å². The van der Waals surface area contributed by atoms with Gasteiger partial charge in [-0.25, -0.2) is 8.42 Å². The van der Waals surface area contributed by atoms with E-state index in [1.54, 1.807) is 0 Å². The molecule has 1 N–H and O–H groups in total. The van der Waals surface area contributed by atoms with E-state index in [1.807, 2.05) is 18.7 Å². The molecule has 0 aliphatic carbocycles. The summed E-state index contributed by atoms with van der Waals surface area (Å²) in [5, 5.41) is 3.10. The third-order valence-electron chi connectivity index (χ3n) is 5.28. The number of nitrogens with one attached hydrogen (secondary N) is 1. The molecule has 0 radical (unpaired) electrons. The summed E-state index contributed by atoms with van der Waals surface area (Å²) in [7, 11) is -3.61. The molecule has 1 amide bonds. The van der Waals surface area contributed by atoms with Crippen LogP contribution in [0, 0.1) is 0 Å². The van der Waals surface area contributed by atoms with E-state index in [0.29, 0.717) is 36.9 Å². The molecule has 0 bridgehead atoms. The Labute approximate surface area is 178 Å². The Morgan fingerprint density at radius 3 is 2.38 bits per heavy atom. The molecule has 0 spiro atoms. The number of rotatable bonds is 5. The molecule has 2 aliphatic heterocycles. The molecule has 2 unspecified atom stereocenters. The third kappa shape index (κ3) is 5.92. The van der Waals surface area contributed by atoms with Crippen LogP contribution in [0.3, 0.4) is 0 Å². The van der Waals surface area contributed by atoms with Crippen LogP contribution in [0.4, 0.5) is 5.69 Å². The van der Waals surface area contributed by atoms with Crippen molar-refractivity contribution in [3.8, 4) is 0 Å². The van der Waals surface area contributed by atoms with Crippen LogP contribution in [0.2, 0.25) is 5.02 Å². The minimum Gasteiger partial charge on any atom is -0.373 e. The van der Waals surface area contributed by atoms with Gasteiger partial charge in [0.25, 0.3) is 0 Å². The summed E-state index contributed by atoms with van der Waals surface area (Å²) in [5.74, 6) is -0.225. The lowest BCUT2D eigenvalue weighted by Gasteiger charge is -2.34. The van der Waals surface area contributed by atoms with Gasteiger partial charge in [-0.3, -0.25) is 9.69 Å². The van der Waals surface area contributed by atoms with E-state index in [2.05, 4.69) is 5.32 Å². The quantitative estimate of drug-likeness (QED) is 0.756. The minimum atomic E-state index is -3.61. The second-order valence-corrected chi connectivity index (χ2v) is 10.3. The summed E-state index contributed by atoms with van der Waals surface area (Å²) in [4.78, 5) is 14.7. The van der Waals surface area contributed by atoms with Gasteiger partial charge in [0, 0.05) is 26.2 Å². The molecule has 0 saturated carbocycles. The van der Waals surface area contributed by atoms with Crippen molar-refractivity contribution in [3.05, 3.63) is 23.2 Å². The lowest BCUT2D eigenvalue weighted by molar-refractivity contribution is -0.121. The predicted molar refractivity (Wildman–Crippen MR) is 114 cm³/mol. The molecule has 2 heterocycles. The van der Waals surface area contributed by atoms with Gasteiger partial charge in [0.15, 0.2) is 0 Å². The van der Waals surface area contributed by atoms with E-state index in [4.69, 9.17) is 16.3 Å². The largest absolute Gasteiger partial charge is 0.373 e. The topological polar surface area (TPSA) is 79.0 Å². The number of sulfonamides is 1. The maximum atomic E-state index is 13.0. The highest BCUT2D eigenvalue weighted by atomic mass is 35.5. The van der Waals surface area contributed by atoms with Crippen LogP contribution in [0.1, 0.15) is 39.5 Å². The molecule has 9 heteroatoms. The first kappa shape index (κ1) is 22.5. The summed E-state index contributed by atoms with van der Waals surface area (Å²) in [5.41, 5.74) is 0.321. The molecular weight excluding hydrogens is 414 g/mol. The maximum absolute atomic E-state index is 13.0. The fraction of sp³-hybridized carbons (Fsp3) is 0.650. The van der Waals surface area contributed by atoms with E-state index in [-0.39, 0.29) is 29.6 Å². The summed E-state index contributed by atoms with van der Waals surface area (Å²) in [6, 6.07) is 4.50. The van der Waals surface area contributed by atoms with E-state index in [1.165, 1.54) is 22.5 Å². The van der Waals surface area contributed by atoms with Crippen LogP contribution in [-0.4, -0.2) is 68.5 Å². The standard InChI is InChI=1S/C20H30ClN3O4S/c1-15-12-23(13-16(2)28-15)14-20(25)22-19-11-17(7-8-18(19)21)29(26,27)24-9-5-3-4-6-10-24/h7-8,11,15-16H,3-6,9-10,12-14H2,1-2H3,(H,22,25). The van der Waals surface area contributed by atoms with Crippen molar-refractivity contribution >= 4 is 33.2 Å². The molecule has 1 aromatic carbocycles. The average molecular weight is 444 g/mol. The molecule has 1 aromatic rings. The Hall–Kier alpha value is -1.19. The van der Waals surface area contributed by atoms with Gasteiger partial charge in [0.1, 0.15) is 0 Å². The van der Waals surface area contributed by atoms with Gasteiger partial charge in [-0.05, 0) is 44.9 Å². The number of hydrogen-bond acceptors (Lipinski definition) is 5. The first-order valence-corrected chi connectivity index (χ1v) is 12.0. The van der Waals surface area contributed by atoms with Gasteiger partial charge >= 0.3 is 0 Å². The number of ether oxygens (including phenoxy) is 1. The minimum absolute atomic E-state index is 0.0669. The first-order valence-electron chi connectivity index (χ1n) is 10.2. The van der Waals surface area contributed by atoms with Gasteiger partial charge in [-0.15, -0.1) is 0 Å². The molecule has 7 nitrogen and oxygen atoms in total. The number of halogens is 1. The van der Waals surface area contributed by atoms with Crippen LogP contribution in [-0.2, 0) is 19.6 Å². The van der Waals surface area contributed by atoms with Gasteiger partial charge in [0.2, 0.25) is 15.9 Å². The lowest BCUT2D eigenvalue weighted by atomic mass is 10.2. The fourth-order valence-corrected chi connectivity index (χ4v) is 5.71. The van der Waals surface area contributed by atoms with Crippen LogP contribution < -0.4 is 5.32 Å². The van der Waals surface area contributed by atoms with E-state index >= 15 is 0 Å². The van der Waals surface area contributed by atoms with Gasteiger partial charge in [-0.2, -0.15) is 4.31 Å². The van der Waals surface area contributed by atoms with Crippen molar-refractivity contribution in [2.45, 2.75) is 56.6 Å². The second-order valence-electron chi connectivity index (χ2n) is 7.96. The number of carbonyl (C=O) groups excluding carboxylic acids is 1. The fourth-order valence-electron chi connectivity index (χ4n) is 4.00. The number of amides is 1. The molecule has 2 aliphatic rings. The maximum Gasteiger partial charge on any atom is 0.243 e. The van der Waals surface area contributed by atoms with Gasteiger partial charge < -0.3 is 10.1 Å². The Bertz CT molecular complexity index is 815. The number of nitrogens with zero attached hydrogens (tertiary/aromatic N) is 2. The molecule has 2 saturated heterocycles. The Balaban J connectivity index is 1.70. The average Bonchev–Trinajstić information content (AvgIpc) is 2.92. The van der Waals surface area contributed by atoms with Gasteiger partial charge in [-0.1, -0.05) is 24.4 Å². The lowest BCUT2D eigenvalue weighted by Crippen LogP contribution is -2.48. The molecule has 162 valence electrons. The van der Waals surface area contributed by atoms with E-state index < -0.39 is 10.0 Å². The van der Waals surface area contributed by atoms with E-state index in [0.717, 1.165) is 25.7 Å². The first-order chi connectivity index (χ1) is 13.8. The highest BCUT2D eigenvalue weighted by molar-refractivity contribution is 7.89. The van der Waals surface area contributed by atoms with Gasteiger partial charge in [0.05, 0.1) is 34.4 Å². The molecule has 29 heavy (non-hydrogen) atoms. The highest BCUT2D eigenvalue weighted by Gasteiger charge is 2.27. The smallest absolute Gasteiger partial charge is 0.243 e. The van der Waals surface area contributed by atoms with Crippen molar-refractivity contribution in [2.24, 2.45) is 0 Å². The third-order valence-corrected chi connectivity index (χ3v) is 7.50. The molecule has 2 atom stereocenters. The number of benzene rings is 1. The molecule has 3 rings (SSSR count). The van der Waals surface area contributed by atoms with Crippen molar-refractivity contribution in [3.63, 3.8) is 0 Å². The number of hydrogen-bond donors (Lipinski definition) is 1. The highest BCUT2D eigenvalue weighted by Crippen LogP contribution is 2.28. The monoisotopic (exact) mass is 443 g/mol. The van der Waals surface area contributed by atoms with Crippen LogP contribution in [0.15, 0.2) is 23.1 Å². The second kappa shape index (κ2) is 9.75. The van der Waals surface area contributed by atoms with Crippen molar-refractivity contribution in [1.29, 1.82) is 0 Å². The molecular formula is C20H30ClN3O4S.